The quantitative estimate of drug-likeness (QED) is 0.720. The molecule has 0 spiro atoms. The fourth-order valence-corrected chi connectivity index (χ4v) is 1.88. The summed E-state index contributed by atoms with van der Waals surface area (Å²) in [6.45, 7) is 9.71. The SMILES string of the molecule is Cc1cc(C)c(C(C)(C)N)c(O)c1C. The number of rotatable bonds is 1. The lowest BCUT2D eigenvalue weighted by atomic mass is 9.87. The lowest BCUT2D eigenvalue weighted by Crippen LogP contribution is -2.30. The molecule has 0 aliphatic rings. The predicted octanol–water partition coefficient (Wildman–Crippen LogP) is 2.51. The standard InChI is InChI=1S/C12H19NO/c1-7-6-8(2)10(12(4,5)13)11(14)9(7)3/h6,14H,13H2,1-5H3. The molecule has 0 aliphatic carbocycles. The largest absolute Gasteiger partial charge is 0.507 e. The number of benzene rings is 1. The third kappa shape index (κ3) is 1.75. The average Bonchev–Trinajstić information content (AvgIpc) is 1.97. The number of hydrogen-bond donors (Lipinski definition) is 2. The van der Waals surface area contributed by atoms with Crippen LogP contribution in [0.25, 0.3) is 0 Å². The Morgan fingerprint density at radius 3 is 2.07 bits per heavy atom. The number of phenolic OH excluding ortho intramolecular Hbond substituents is 1. The van der Waals surface area contributed by atoms with Crippen LogP contribution in [0.2, 0.25) is 0 Å². The maximum Gasteiger partial charge on any atom is 0.124 e. The van der Waals surface area contributed by atoms with Crippen LogP contribution >= 0.6 is 0 Å². The maximum absolute atomic E-state index is 10.0. The molecule has 0 atom stereocenters. The second-order valence-corrected chi connectivity index (χ2v) is 4.58. The molecule has 0 heterocycles. The molecule has 3 N–H and O–H groups in total. The topological polar surface area (TPSA) is 46.2 Å². The van der Waals surface area contributed by atoms with E-state index in [0.29, 0.717) is 5.75 Å². The Hall–Kier alpha value is -1.02. The van der Waals surface area contributed by atoms with E-state index < -0.39 is 5.54 Å². The fraction of sp³-hybridized carbons (Fsp3) is 0.500. The molecule has 0 fully saturated rings. The smallest absolute Gasteiger partial charge is 0.124 e. The van der Waals surface area contributed by atoms with Gasteiger partial charge in [-0.1, -0.05) is 6.07 Å². The molecule has 0 radical (unpaired) electrons. The molecule has 1 aromatic carbocycles. The van der Waals surface area contributed by atoms with Crippen molar-refractivity contribution in [2.75, 3.05) is 0 Å². The third-order valence-electron chi connectivity index (χ3n) is 2.66. The lowest BCUT2D eigenvalue weighted by molar-refractivity contribution is 0.434. The zero-order chi connectivity index (χ0) is 11.1. The van der Waals surface area contributed by atoms with Crippen molar-refractivity contribution in [3.8, 4) is 5.75 Å². The van der Waals surface area contributed by atoms with Crippen molar-refractivity contribution < 1.29 is 5.11 Å². The van der Waals surface area contributed by atoms with Gasteiger partial charge in [-0.3, -0.25) is 0 Å². The van der Waals surface area contributed by atoms with E-state index in [0.717, 1.165) is 22.3 Å². The summed E-state index contributed by atoms with van der Waals surface area (Å²) in [5.41, 5.74) is 9.45. The molecule has 14 heavy (non-hydrogen) atoms. The van der Waals surface area contributed by atoms with Gasteiger partial charge in [0, 0.05) is 11.1 Å². The highest BCUT2D eigenvalue weighted by Gasteiger charge is 2.22. The molecule has 1 aromatic rings. The minimum atomic E-state index is -0.493. The summed E-state index contributed by atoms with van der Waals surface area (Å²) in [7, 11) is 0. The summed E-state index contributed by atoms with van der Waals surface area (Å²) in [6, 6.07) is 2.07. The van der Waals surface area contributed by atoms with Gasteiger partial charge in [-0.2, -0.15) is 0 Å². The van der Waals surface area contributed by atoms with Gasteiger partial charge < -0.3 is 10.8 Å². The molecule has 0 aliphatic heterocycles. The number of aryl methyl sites for hydroxylation is 2. The predicted molar refractivity (Wildman–Crippen MR) is 59.5 cm³/mol. The highest BCUT2D eigenvalue weighted by molar-refractivity contribution is 5.51. The van der Waals surface area contributed by atoms with Crippen LogP contribution in [0.1, 0.15) is 36.1 Å². The normalized spacial score (nSPS) is 11.9. The number of hydrogen-bond acceptors (Lipinski definition) is 2. The Kier molecular flexibility index (Phi) is 2.59. The van der Waals surface area contributed by atoms with E-state index in [4.69, 9.17) is 5.73 Å². The van der Waals surface area contributed by atoms with Crippen LogP contribution in [-0.4, -0.2) is 5.11 Å². The number of aromatic hydroxyl groups is 1. The highest BCUT2D eigenvalue weighted by Crippen LogP contribution is 2.34. The summed E-state index contributed by atoms with van der Waals surface area (Å²) in [5, 5.41) is 10.0. The van der Waals surface area contributed by atoms with Gasteiger partial charge in [0.15, 0.2) is 0 Å². The van der Waals surface area contributed by atoms with E-state index in [-0.39, 0.29) is 0 Å². The fourth-order valence-electron chi connectivity index (χ4n) is 1.88. The first-order chi connectivity index (χ1) is 6.25. The molecule has 0 bridgehead atoms. The van der Waals surface area contributed by atoms with Gasteiger partial charge in [0.25, 0.3) is 0 Å². The molecule has 78 valence electrons. The van der Waals surface area contributed by atoms with E-state index in [1.165, 1.54) is 0 Å². The van der Waals surface area contributed by atoms with Gasteiger partial charge in [-0.05, 0) is 51.3 Å². The van der Waals surface area contributed by atoms with Gasteiger partial charge in [0.1, 0.15) is 5.75 Å². The van der Waals surface area contributed by atoms with Gasteiger partial charge in [0.05, 0.1) is 0 Å². The van der Waals surface area contributed by atoms with E-state index in [9.17, 15) is 5.11 Å². The molecule has 0 saturated heterocycles. The summed E-state index contributed by atoms with van der Waals surface area (Å²) in [5.74, 6) is 0.343. The molecule has 1 rings (SSSR count). The monoisotopic (exact) mass is 193 g/mol. The highest BCUT2D eigenvalue weighted by atomic mass is 16.3. The Morgan fingerprint density at radius 2 is 1.64 bits per heavy atom. The van der Waals surface area contributed by atoms with Crippen molar-refractivity contribution in [2.24, 2.45) is 5.73 Å². The summed E-state index contributed by atoms with van der Waals surface area (Å²) in [4.78, 5) is 0. The molecule has 0 amide bonds. The Labute approximate surface area is 85.8 Å². The minimum Gasteiger partial charge on any atom is -0.507 e. The van der Waals surface area contributed by atoms with E-state index in [1.54, 1.807) is 0 Å². The number of nitrogens with two attached hydrogens (primary N) is 1. The van der Waals surface area contributed by atoms with Crippen LogP contribution in [0.5, 0.6) is 5.75 Å². The Bertz CT molecular complexity index is 362. The van der Waals surface area contributed by atoms with Gasteiger partial charge in [-0.15, -0.1) is 0 Å². The van der Waals surface area contributed by atoms with Crippen molar-refractivity contribution in [3.05, 3.63) is 28.3 Å². The second kappa shape index (κ2) is 3.28. The van der Waals surface area contributed by atoms with Gasteiger partial charge >= 0.3 is 0 Å². The maximum atomic E-state index is 10.0. The van der Waals surface area contributed by atoms with Crippen molar-refractivity contribution in [3.63, 3.8) is 0 Å². The molecule has 0 aromatic heterocycles. The summed E-state index contributed by atoms with van der Waals surface area (Å²) in [6.07, 6.45) is 0. The molecule has 0 saturated carbocycles. The summed E-state index contributed by atoms with van der Waals surface area (Å²) >= 11 is 0. The van der Waals surface area contributed by atoms with Crippen LogP contribution in [-0.2, 0) is 5.54 Å². The van der Waals surface area contributed by atoms with E-state index >= 15 is 0 Å². The Morgan fingerprint density at radius 1 is 1.14 bits per heavy atom. The van der Waals surface area contributed by atoms with E-state index in [2.05, 4.69) is 6.07 Å². The summed E-state index contributed by atoms with van der Waals surface area (Å²) < 4.78 is 0. The molecular weight excluding hydrogens is 174 g/mol. The van der Waals surface area contributed by atoms with Crippen molar-refractivity contribution in [2.45, 2.75) is 40.2 Å². The molecular formula is C12H19NO. The zero-order valence-electron chi connectivity index (χ0n) is 9.60. The van der Waals surface area contributed by atoms with Gasteiger partial charge in [-0.25, -0.2) is 0 Å². The first kappa shape index (κ1) is 11.1. The van der Waals surface area contributed by atoms with Crippen LogP contribution in [0.15, 0.2) is 6.07 Å². The minimum absolute atomic E-state index is 0.343. The molecule has 2 nitrogen and oxygen atoms in total. The molecule has 0 unspecified atom stereocenters. The van der Waals surface area contributed by atoms with Crippen molar-refractivity contribution in [1.82, 2.24) is 0 Å². The number of phenols is 1. The van der Waals surface area contributed by atoms with E-state index in [1.807, 2.05) is 34.6 Å². The molecule has 2 heteroatoms. The average molecular weight is 193 g/mol. The second-order valence-electron chi connectivity index (χ2n) is 4.58. The van der Waals surface area contributed by atoms with Crippen LogP contribution in [0.4, 0.5) is 0 Å². The Balaban J connectivity index is 3.53. The first-order valence-electron chi connectivity index (χ1n) is 4.84. The zero-order valence-corrected chi connectivity index (χ0v) is 9.60. The van der Waals surface area contributed by atoms with Crippen molar-refractivity contribution in [1.29, 1.82) is 0 Å². The third-order valence-corrected chi connectivity index (χ3v) is 2.66. The van der Waals surface area contributed by atoms with Crippen LogP contribution in [0.3, 0.4) is 0 Å². The van der Waals surface area contributed by atoms with Crippen LogP contribution in [0, 0.1) is 20.8 Å². The van der Waals surface area contributed by atoms with Crippen LogP contribution < -0.4 is 5.73 Å². The lowest BCUT2D eigenvalue weighted by Gasteiger charge is -2.24. The first-order valence-corrected chi connectivity index (χ1v) is 4.84. The van der Waals surface area contributed by atoms with Gasteiger partial charge in [0.2, 0.25) is 0 Å². The van der Waals surface area contributed by atoms with Crippen molar-refractivity contribution >= 4 is 0 Å².